The predicted octanol–water partition coefficient (Wildman–Crippen LogP) is 5.67. The van der Waals surface area contributed by atoms with Gasteiger partial charge in [0.1, 0.15) is 5.52 Å². The van der Waals surface area contributed by atoms with Crippen molar-refractivity contribution in [3.8, 4) is 11.5 Å². The third-order valence-electron chi connectivity index (χ3n) is 4.39. The summed E-state index contributed by atoms with van der Waals surface area (Å²) in [6.45, 7) is 6.00. The summed E-state index contributed by atoms with van der Waals surface area (Å²) in [6.07, 6.45) is 0. The number of aryl methyl sites for hydroxylation is 3. The molecule has 0 aliphatic carbocycles. The van der Waals surface area contributed by atoms with Crippen molar-refractivity contribution in [1.29, 1.82) is 0 Å². The van der Waals surface area contributed by atoms with Crippen LogP contribution < -0.4 is 5.32 Å². The molecule has 0 saturated carbocycles. The molecule has 0 unspecified atom stereocenters. The van der Waals surface area contributed by atoms with Crippen molar-refractivity contribution in [3.05, 3.63) is 82.9 Å². The van der Waals surface area contributed by atoms with Gasteiger partial charge in [0.15, 0.2) is 5.58 Å². The molecule has 0 aliphatic heterocycles. The third kappa shape index (κ3) is 3.60. The fourth-order valence-electron chi connectivity index (χ4n) is 3.20. The Kier molecular flexibility index (Phi) is 4.24. The number of hydrogen-bond donors (Lipinski definition) is 1. The van der Waals surface area contributed by atoms with E-state index in [0.29, 0.717) is 17.1 Å². The highest BCUT2D eigenvalue weighted by Crippen LogP contribution is 2.27. The summed E-state index contributed by atoms with van der Waals surface area (Å²) in [5, 5.41) is 2.96. The van der Waals surface area contributed by atoms with E-state index in [-0.39, 0.29) is 5.91 Å². The molecule has 4 heteroatoms. The maximum absolute atomic E-state index is 12.6. The number of carbonyl (C=O) groups is 1. The van der Waals surface area contributed by atoms with Gasteiger partial charge in [-0.2, -0.15) is 0 Å². The molecule has 4 nitrogen and oxygen atoms in total. The zero-order chi connectivity index (χ0) is 19.0. The highest BCUT2D eigenvalue weighted by Gasteiger charge is 2.11. The normalized spacial score (nSPS) is 10.9. The monoisotopic (exact) mass is 356 g/mol. The van der Waals surface area contributed by atoms with Gasteiger partial charge in [-0.05, 0) is 68.8 Å². The van der Waals surface area contributed by atoms with Crippen LogP contribution >= 0.6 is 0 Å². The second kappa shape index (κ2) is 6.72. The first-order valence-electron chi connectivity index (χ1n) is 8.85. The largest absolute Gasteiger partial charge is 0.436 e. The number of anilines is 1. The second-order valence-corrected chi connectivity index (χ2v) is 6.90. The molecule has 4 aromatic rings. The zero-order valence-corrected chi connectivity index (χ0v) is 15.5. The van der Waals surface area contributed by atoms with Crippen LogP contribution in [-0.2, 0) is 0 Å². The number of amides is 1. The fraction of sp³-hybridized carbons (Fsp3) is 0.130. The van der Waals surface area contributed by atoms with Gasteiger partial charge in [-0.25, -0.2) is 4.98 Å². The third-order valence-corrected chi connectivity index (χ3v) is 4.39. The Morgan fingerprint density at radius 1 is 0.889 bits per heavy atom. The van der Waals surface area contributed by atoms with Gasteiger partial charge >= 0.3 is 0 Å². The average molecular weight is 356 g/mol. The molecule has 0 bridgehead atoms. The quantitative estimate of drug-likeness (QED) is 0.514. The van der Waals surface area contributed by atoms with E-state index < -0.39 is 0 Å². The molecule has 0 spiro atoms. The Bertz CT molecular complexity index is 1140. The van der Waals surface area contributed by atoms with Crippen molar-refractivity contribution in [2.24, 2.45) is 0 Å². The molecule has 1 amide bonds. The van der Waals surface area contributed by atoms with Gasteiger partial charge < -0.3 is 9.73 Å². The number of nitrogens with zero attached hydrogens (tertiary/aromatic N) is 1. The first-order chi connectivity index (χ1) is 13.0. The molecule has 3 aromatic carbocycles. The number of nitrogens with one attached hydrogen (secondary N) is 1. The van der Waals surface area contributed by atoms with Crippen molar-refractivity contribution in [2.75, 3.05) is 5.32 Å². The minimum absolute atomic E-state index is 0.132. The van der Waals surface area contributed by atoms with E-state index in [1.807, 2.05) is 81.4 Å². The summed E-state index contributed by atoms with van der Waals surface area (Å²) >= 11 is 0. The van der Waals surface area contributed by atoms with E-state index in [9.17, 15) is 4.79 Å². The number of benzene rings is 3. The lowest BCUT2D eigenvalue weighted by Gasteiger charge is -2.08. The maximum atomic E-state index is 12.6. The zero-order valence-electron chi connectivity index (χ0n) is 15.5. The van der Waals surface area contributed by atoms with Crippen LogP contribution in [-0.4, -0.2) is 10.9 Å². The first kappa shape index (κ1) is 17.0. The number of rotatable bonds is 3. The molecule has 0 fully saturated rings. The Morgan fingerprint density at radius 3 is 2.44 bits per heavy atom. The molecule has 27 heavy (non-hydrogen) atoms. The van der Waals surface area contributed by atoms with Crippen LogP contribution in [0.15, 0.2) is 65.1 Å². The van der Waals surface area contributed by atoms with E-state index in [4.69, 9.17) is 4.42 Å². The Hall–Kier alpha value is -3.40. The molecule has 1 heterocycles. The lowest BCUT2D eigenvalue weighted by atomic mass is 10.1. The molecule has 0 atom stereocenters. The second-order valence-electron chi connectivity index (χ2n) is 6.90. The molecular formula is C23H20N2O2. The number of aromatic nitrogens is 1. The minimum atomic E-state index is -0.132. The van der Waals surface area contributed by atoms with Crippen molar-refractivity contribution >= 4 is 22.7 Å². The smallest absolute Gasteiger partial charge is 0.255 e. The molecule has 0 aliphatic rings. The van der Waals surface area contributed by atoms with Gasteiger partial charge in [-0.1, -0.05) is 29.3 Å². The summed E-state index contributed by atoms with van der Waals surface area (Å²) in [7, 11) is 0. The van der Waals surface area contributed by atoms with Gasteiger partial charge in [0, 0.05) is 16.8 Å². The van der Waals surface area contributed by atoms with Crippen molar-refractivity contribution in [3.63, 3.8) is 0 Å². The van der Waals surface area contributed by atoms with Crippen LogP contribution in [0.5, 0.6) is 0 Å². The molecule has 0 radical (unpaired) electrons. The van der Waals surface area contributed by atoms with Crippen molar-refractivity contribution in [1.82, 2.24) is 4.98 Å². The standard InChI is InChI=1S/C23H20N2O2/c1-14-7-8-21-20(12-14)25-23(27-21)17-5-4-6-19(13-17)24-22(26)18-10-15(2)9-16(3)11-18/h4-13H,1-3H3,(H,24,26). The summed E-state index contributed by atoms with van der Waals surface area (Å²) in [5.41, 5.74) is 7.02. The summed E-state index contributed by atoms with van der Waals surface area (Å²) in [6, 6.07) is 19.3. The van der Waals surface area contributed by atoms with Crippen LogP contribution in [0.3, 0.4) is 0 Å². The van der Waals surface area contributed by atoms with Gasteiger partial charge in [-0.3, -0.25) is 4.79 Å². The predicted molar refractivity (Wildman–Crippen MR) is 108 cm³/mol. The average Bonchev–Trinajstić information content (AvgIpc) is 3.04. The fourth-order valence-corrected chi connectivity index (χ4v) is 3.20. The lowest BCUT2D eigenvalue weighted by Crippen LogP contribution is -2.12. The minimum Gasteiger partial charge on any atom is -0.436 e. The number of fused-ring (bicyclic) bond motifs is 1. The lowest BCUT2D eigenvalue weighted by molar-refractivity contribution is 0.102. The van der Waals surface area contributed by atoms with Gasteiger partial charge in [-0.15, -0.1) is 0 Å². The van der Waals surface area contributed by atoms with Crippen molar-refractivity contribution < 1.29 is 9.21 Å². The van der Waals surface area contributed by atoms with Crippen LogP contribution in [0, 0.1) is 20.8 Å². The SMILES string of the molecule is Cc1cc(C)cc(C(=O)Nc2cccc(-c3nc4cc(C)ccc4o3)c2)c1. The number of carbonyl (C=O) groups excluding carboxylic acids is 1. The van der Waals surface area contributed by atoms with E-state index in [2.05, 4.69) is 10.3 Å². The van der Waals surface area contributed by atoms with Gasteiger partial charge in [0.2, 0.25) is 5.89 Å². The van der Waals surface area contributed by atoms with Gasteiger partial charge in [0.05, 0.1) is 0 Å². The summed E-state index contributed by atoms with van der Waals surface area (Å²) in [4.78, 5) is 17.2. The molecule has 1 aromatic heterocycles. The first-order valence-corrected chi connectivity index (χ1v) is 8.85. The Morgan fingerprint density at radius 2 is 1.67 bits per heavy atom. The highest BCUT2D eigenvalue weighted by molar-refractivity contribution is 6.04. The van der Waals surface area contributed by atoms with Crippen LogP contribution in [0.4, 0.5) is 5.69 Å². The van der Waals surface area contributed by atoms with Crippen molar-refractivity contribution in [2.45, 2.75) is 20.8 Å². The van der Waals surface area contributed by atoms with E-state index in [1.165, 1.54) is 0 Å². The van der Waals surface area contributed by atoms with Crippen LogP contribution in [0.1, 0.15) is 27.0 Å². The Labute approximate surface area is 157 Å². The molecule has 1 N–H and O–H groups in total. The maximum Gasteiger partial charge on any atom is 0.255 e. The molecule has 134 valence electrons. The van der Waals surface area contributed by atoms with E-state index in [1.54, 1.807) is 0 Å². The number of hydrogen-bond acceptors (Lipinski definition) is 3. The topological polar surface area (TPSA) is 55.1 Å². The highest BCUT2D eigenvalue weighted by atomic mass is 16.3. The van der Waals surface area contributed by atoms with E-state index in [0.717, 1.165) is 33.4 Å². The van der Waals surface area contributed by atoms with Crippen LogP contribution in [0.25, 0.3) is 22.6 Å². The summed E-state index contributed by atoms with van der Waals surface area (Å²) in [5.74, 6) is 0.408. The molecule has 4 rings (SSSR count). The summed E-state index contributed by atoms with van der Waals surface area (Å²) < 4.78 is 5.86. The number of oxazole rings is 1. The molecular weight excluding hydrogens is 336 g/mol. The van der Waals surface area contributed by atoms with Gasteiger partial charge in [0.25, 0.3) is 5.91 Å². The van der Waals surface area contributed by atoms with E-state index >= 15 is 0 Å². The molecule has 0 saturated heterocycles. The Balaban J connectivity index is 1.62. The van der Waals surface area contributed by atoms with Crippen LogP contribution in [0.2, 0.25) is 0 Å².